The molecule has 5 heteroatoms. The van der Waals surface area contributed by atoms with Crippen molar-refractivity contribution in [3.05, 3.63) is 36.5 Å². The highest BCUT2D eigenvalue weighted by molar-refractivity contribution is 5.60. The zero-order valence-electron chi connectivity index (χ0n) is 9.12. The molecule has 3 aromatic rings. The average molecular weight is 213 g/mol. The van der Waals surface area contributed by atoms with Crippen LogP contribution < -0.4 is 0 Å². The van der Waals surface area contributed by atoms with Gasteiger partial charge in [-0.1, -0.05) is 0 Å². The SMILES string of the molecule is Cc1nccn2c(-c3ccn(C)n3)cnc12. The van der Waals surface area contributed by atoms with E-state index in [9.17, 15) is 0 Å². The number of aromatic nitrogens is 5. The third-order valence-electron chi connectivity index (χ3n) is 2.58. The molecular weight excluding hydrogens is 202 g/mol. The first kappa shape index (κ1) is 9.08. The molecule has 0 bridgehead atoms. The van der Waals surface area contributed by atoms with E-state index in [-0.39, 0.29) is 0 Å². The number of fused-ring (bicyclic) bond motifs is 1. The summed E-state index contributed by atoms with van der Waals surface area (Å²) >= 11 is 0. The van der Waals surface area contributed by atoms with Crippen LogP contribution in [0.3, 0.4) is 0 Å². The largest absolute Gasteiger partial charge is 0.295 e. The number of imidazole rings is 1. The first-order valence-corrected chi connectivity index (χ1v) is 5.04. The molecule has 80 valence electrons. The smallest absolute Gasteiger partial charge is 0.158 e. The Morgan fingerprint density at radius 2 is 2.06 bits per heavy atom. The number of hydrogen-bond acceptors (Lipinski definition) is 3. The van der Waals surface area contributed by atoms with Gasteiger partial charge in [-0.05, 0) is 13.0 Å². The normalized spacial score (nSPS) is 11.1. The van der Waals surface area contributed by atoms with Crippen molar-refractivity contribution in [1.82, 2.24) is 24.1 Å². The van der Waals surface area contributed by atoms with Crippen LogP contribution in [0.5, 0.6) is 0 Å². The Balaban J connectivity index is 2.29. The molecule has 5 nitrogen and oxygen atoms in total. The van der Waals surface area contributed by atoms with Crippen LogP contribution in [0.15, 0.2) is 30.9 Å². The first-order chi connectivity index (χ1) is 7.75. The highest BCUT2D eigenvalue weighted by atomic mass is 15.3. The Labute approximate surface area is 92.4 Å². The van der Waals surface area contributed by atoms with E-state index in [1.807, 2.05) is 43.0 Å². The molecule has 3 rings (SSSR count). The number of nitrogens with zero attached hydrogens (tertiary/aromatic N) is 5. The lowest BCUT2D eigenvalue weighted by Gasteiger charge is -1.99. The molecule has 0 saturated heterocycles. The van der Waals surface area contributed by atoms with Gasteiger partial charge in [-0.2, -0.15) is 5.10 Å². The predicted molar refractivity (Wildman–Crippen MR) is 59.9 cm³/mol. The van der Waals surface area contributed by atoms with Crippen LogP contribution in [0.25, 0.3) is 17.0 Å². The Morgan fingerprint density at radius 3 is 2.81 bits per heavy atom. The van der Waals surface area contributed by atoms with Gasteiger partial charge in [0.2, 0.25) is 0 Å². The maximum Gasteiger partial charge on any atom is 0.158 e. The molecule has 0 atom stereocenters. The Kier molecular flexibility index (Phi) is 1.80. The van der Waals surface area contributed by atoms with Crippen molar-refractivity contribution in [2.45, 2.75) is 6.92 Å². The standard InChI is InChI=1S/C11H11N5/c1-8-11-13-7-10(16(11)6-4-12-8)9-3-5-15(2)14-9/h3-7H,1-2H3. The molecule has 0 aliphatic rings. The minimum atomic E-state index is 0.878. The lowest BCUT2D eigenvalue weighted by molar-refractivity contribution is 0.769. The zero-order valence-corrected chi connectivity index (χ0v) is 9.12. The van der Waals surface area contributed by atoms with E-state index in [0.717, 1.165) is 22.7 Å². The average Bonchev–Trinajstić information content (AvgIpc) is 2.84. The van der Waals surface area contributed by atoms with Crippen molar-refractivity contribution >= 4 is 5.65 Å². The number of aryl methyl sites for hydroxylation is 2. The molecule has 0 aliphatic carbocycles. The Hall–Kier alpha value is -2.17. The third-order valence-corrected chi connectivity index (χ3v) is 2.58. The second kappa shape index (κ2) is 3.16. The predicted octanol–water partition coefficient (Wildman–Crippen LogP) is 1.44. The van der Waals surface area contributed by atoms with E-state index >= 15 is 0 Å². The van der Waals surface area contributed by atoms with Gasteiger partial charge < -0.3 is 0 Å². The molecule has 16 heavy (non-hydrogen) atoms. The van der Waals surface area contributed by atoms with Gasteiger partial charge in [0, 0.05) is 25.6 Å². The minimum absolute atomic E-state index is 0.878. The second-order valence-electron chi connectivity index (χ2n) is 3.72. The van der Waals surface area contributed by atoms with E-state index in [1.54, 1.807) is 10.9 Å². The summed E-state index contributed by atoms with van der Waals surface area (Å²) in [5.74, 6) is 0. The molecule has 0 radical (unpaired) electrons. The second-order valence-corrected chi connectivity index (χ2v) is 3.72. The number of rotatable bonds is 1. The van der Waals surface area contributed by atoms with E-state index in [4.69, 9.17) is 0 Å². The van der Waals surface area contributed by atoms with Crippen LogP contribution in [0.1, 0.15) is 5.69 Å². The monoisotopic (exact) mass is 213 g/mol. The van der Waals surface area contributed by atoms with Crippen molar-refractivity contribution in [2.75, 3.05) is 0 Å². The maximum absolute atomic E-state index is 4.37. The van der Waals surface area contributed by atoms with Gasteiger partial charge in [0.1, 0.15) is 5.69 Å². The highest BCUT2D eigenvalue weighted by Crippen LogP contribution is 2.19. The van der Waals surface area contributed by atoms with Crippen molar-refractivity contribution < 1.29 is 0 Å². The van der Waals surface area contributed by atoms with Gasteiger partial charge in [-0.3, -0.25) is 14.1 Å². The fraction of sp³-hybridized carbons (Fsp3) is 0.182. The quantitative estimate of drug-likeness (QED) is 0.614. The maximum atomic E-state index is 4.37. The molecule has 3 heterocycles. The van der Waals surface area contributed by atoms with Gasteiger partial charge in [0.15, 0.2) is 5.65 Å². The van der Waals surface area contributed by atoms with E-state index in [2.05, 4.69) is 15.1 Å². The minimum Gasteiger partial charge on any atom is -0.295 e. The van der Waals surface area contributed by atoms with Gasteiger partial charge >= 0.3 is 0 Å². The van der Waals surface area contributed by atoms with E-state index in [0.29, 0.717) is 0 Å². The lowest BCUT2D eigenvalue weighted by atomic mass is 10.3. The third kappa shape index (κ3) is 1.21. The van der Waals surface area contributed by atoms with Crippen LogP contribution in [-0.4, -0.2) is 24.1 Å². The lowest BCUT2D eigenvalue weighted by Crippen LogP contribution is -1.93. The van der Waals surface area contributed by atoms with Gasteiger partial charge in [0.05, 0.1) is 17.6 Å². The molecule has 3 aromatic heterocycles. The topological polar surface area (TPSA) is 48.0 Å². The van der Waals surface area contributed by atoms with Gasteiger partial charge in [-0.25, -0.2) is 4.98 Å². The molecule has 0 aromatic carbocycles. The van der Waals surface area contributed by atoms with Crippen LogP contribution in [0, 0.1) is 6.92 Å². The fourth-order valence-corrected chi connectivity index (χ4v) is 1.79. The van der Waals surface area contributed by atoms with Crippen LogP contribution in [0.4, 0.5) is 0 Å². The summed E-state index contributed by atoms with van der Waals surface area (Å²) in [6.07, 6.45) is 7.42. The molecular formula is C11H11N5. The highest BCUT2D eigenvalue weighted by Gasteiger charge is 2.09. The van der Waals surface area contributed by atoms with Crippen molar-refractivity contribution in [3.63, 3.8) is 0 Å². The molecule has 0 saturated carbocycles. The summed E-state index contributed by atoms with van der Waals surface area (Å²) in [6, 6.07) is 1.97. The molecule has 0 unspecified atom stereocenters. The van der Waals surface area contributed by atoms with E-state index in [1.165, 1.54) is 0 Å². The molecule has 0 amide bonds. The summed E-state index contributed by atoms with van der Waals surface area (Å²) in [7, 11) is 1.90. The van der Waals surface area contributed by atoms with Crippen molar-refractivity contribution in [2.24, 2.45) is 7.05 Å². The van der Waals surface area contributed by atoms with E-state index < -0.39 is 0 Å². The van der Waals surface area contributed by atoms with Gasteiger partial charge in [-0.15, -0.1) is 0 Å². The molecule has 0 fully saturated rings. The van der Waals surface area contributed by atoms with Crippen LogP contribution >= 0.6 is 0 Å². The summed E-state index contributed by atoms with van der Waals surface area (Å²) in [5, 5.41) is 4.37. The Bertz CT molecular complexity index is 649. The summed E-state index contributed by atoms with van der Waals surface area (Å²) in [6.45, 7) is 1.95. The summed E-state index contributed by atoms with van der Waals surface area (Å²) < 4.78 is 3.79. The summed E-state index contributed by atoms with van der Waals surface area (Å²) in [4.78, 5) is 8.57. The summed E-state index contributed by atoms with van der Waals surface area (Å²) in [5.41, 5.74) is 3.70. The first-order valence-electron chi connectivity index (χ1n) is 5.04. The van der Waals surface area contributed by atoms with Gasteiger partial charge in [0.25, 0.3) is 0 Å². The zero-order chi connectivity index (χ0) is 11.1. The number of hydrogen-bond donors (Lipinski definition) is 0. The molecule has 0 aliphatic heterocycles. The van der Waals surface area contributed by atoms with Crippen molar-refractivity contribution in [1.29, 1.82) is 0 Å². The fourth-order valence-electron chi connectivity index (χ4n) is 1.79. The molecule has 0 N–H and O–H groups in total. The van der Waals surface area contributed by atoms with Crippen LogP contribution in [-0.2, 0) is 7.05 Å². The Morgan fingerprint density at radius 1 is 1.19 bits per heavy atom. The molecule has 0 spiro atoms. The van der Waals surface area contributed by atoms with Crippen LogP contribution in [0.2, 0.25) is 0 Å². The van der Waals surface area contributed by atoms with Crippen molar-refractivity contribution in [3.8, 4) is 11.4 Å².